The first kappa shape index (κ1) is 25.8. The monoisotopic (exact) mass is 480 g/mol. The molecule has 0 radical (unpaired) electrons. The number of carbonyl (C=O) groups is 2. The molecule has 1 fully saturated rings. The van der Waals surface area contributed by atoms with Gasteiger partial charge in [-0.25, -0.2) is 0 Å². The highest BCUT2D eigenvalue weighted by Gasteiger charge is 2.46. The average molecular weight is 481 g/mol. The van der Waals surface area contributed by atoms with Gasteiger partial charge in [0.05, 0.1) is 25.8 Å². The number of aliphatic hydroxyl groups excluding tert-OH is 1. The fraction of sp³-hybridized carbons (Fsp3) is 0.333. The highest BCUT2D eigenvalue weighted by atomic mass is 16.5. The van der Waals surface area contributed by atoms with E-state index in [0.29, 0.717) is 53.6 Å². The summed E-state index contributed by atoms with van der Waals surface area (Å²) in [5.74, 6) is -0.0350. The van der Waals surface area contributed by atoms with Gasteiger partial charge < -0.3 is 29.1 Å². The number of amides is 1. The summed E-state index contributed by atoms with van der Waals surface area (Å²) in [4.78, 5) is 29.8. The van der Waals surface area contributed by atoms with Crippen LogP contribution in [-0.4, -0.2) is 74.6 Å². The molecule has 0 aromatic heterocycles. The summed E-state index contributed by atoms with van der Waals surface area (Å²) in [6.45, 7) is 6.61. The van der Waals surface area contributed by atoms with Crippen LogP contribution in [0, 0.1) is 6.92 Å². The quantitative estimate of drug-likeness (QED) is 0.241. The van der Waals surface area contributed by atoms with Crippen LogP contribution in [0.1, 0.15) is 22.7 Å². The summed E-state index contributed by atoms with van der Waals surface area (Å²) >= 11 is 0. The average Bonchev–Trinajstić information content (AvgIpc) is 3.10. The van der Waals surface area contributed by atoms with E-state index in [1.165, 1.54) is 12.0 Å². The molecule has 1 unspecified atom stereocenters. The Morgan fingerprint density at radius 2 is 1.86 bits per heavy atom. The maximum Gasteiger partial charge on any atom is 0.295 e. The van der Waals surface area contributed by atoms with Crippen molar-refractivity contribution in [3.8, 4) is 17.2 Å². The molecule has 2 aromatic carbocycles. The van der Waals surface area contributed by atoms with E-state index < -0.39 is 17.7 Å². The maximum absolute atomic E-state index is 13.2. The highest BCUT2D eigenvalue weighted by Crippen LogP contribution is 2.42. The number of likely N-dealkylation sites (tertiary alicyclic amines) is 1. The lowest BCUT2D eigenvalue weighted by Gasteiger charge is -2.27. The molecule has 0 aliphatic carbocycles. The van der Waals surface area contributed by atoms with Crippen LogP contribution in [0.25, 0.3) is 5.76 Å². The molecule has 1 atom stereocenters. The number of hydrogen-bond donors (Lipinski definition) is 1. The second kappa shape index (κ2) is 11.1. The number of nitrogens with zero attached hydrogens (tertiary/aromatic N) is 2. The molecule has 1 amide bonds. The molecular formula is C27H32N2O6. The van der Waals surface area contributed by atoms with Crippen molar-refractivity contribution in [3.63, 3.8) is 0 Å². The number of Topliss-reactive ketones (excluding diaryl/α,β-unsaturated/α-hetero) is 1. The molecule has 8 heteroatoms. The molecule has 1 saturated heterocycles. The van der Waals surface area contributed by atoms with Crippen molar-refractivity contribution in [2.75, 3.05) is 48.0 Å². The van der Waals surface area contributed by atoms with E-state index in [4.69, 9.17) is 14.2 Å². The van der Waals surface area contributed by atoms with Gasteiger partial charge in [-0.2, -0.15) is 0 Å². The standard InChI is InChI=1S/C27H32N2O6/c1-7-14-35-21-11-8-18(16-22(21)34-6)24-23(26(31)27(32)29(24)13-12-28(3)4)25(30)20-10-9-19(33-5)15-17(20)2/h7-11,15-16,24,30H,1,12-14H2,2-6H3/b25-23+. The van der Waals surface area contributed by atoms with E-state index in [2.05, 4.69) is 6.58 Å². The molecular weight excluding hydrogens is 448 g/mol. The smallest absolute Gasteiger partial charge is 0.295 e. The molecule has 1 aliphatic heterocycles. The Labute approximate surface area is 206 Å². The summed E-state index contributed by atoms with van der Waals surface area (Å²) in [6, 6.07) is 9.58. The number of carbonyl (C=O) groups excluding carboxylic acids is 2. The Balaban J connectivity index is 2.18. The minimum absolute atomic E-state index is 0.0313. The number of hydrogen-bond acceptors (Lipinski definition) is 7. The normalized spacial score (nSPS) is 17.1. The Morgan fingerprint density at radius 1 is 1.11 bits per heavy atom. The van der Waals surface area contributed by atoms with E-state index in [1.54, 1.807) is 49.6 Å². The number of benzene rings is 2. The molecule has 1 aliphatic rings. The van der Waals surface area contributed by atoms with Gasteiger partial charge in [-0.3, -0.25) is 9.59 Å². The third kappa shape index (κ3) is 5.33. The van der Waals surface area contributed by atoms with Gasteiger partial charge in [0.15, 0.2) is 11.5 Å². The van der Waals surface area contributed by atoms with E-state index >= 15 is 0 Å². The molecule has 3 rings (SSSR count). The molecule has 186 valence electrons. The van der Waals surface area contributed by atoms with Crippen molar-refractivity contribution < 1.29 is 28.9 Å². The van der Waals surface area contributed by atoms with Crippen LogP contribution in [0.5, 0.6) is 17.2 Å². The third-order valence-electron chi connectivity index (χ3n) is 5.88. The predicted octanol–water partition coefficient (Wildman–Crippen LogP) is 3.56. The Hall–Kier alpha value is -3.78. The van der Waals surface area contributed by atoms with Gasteiger partial charge in [0.25, 0.3) is 11.7 Å². The number of likely N-dealkylation sites (N-methyl/N-ethyl adjacent to an activating group) is 1. The van der Waals surface area contributed by atoms with Crippen LogP contribution < -0.4 is 14.2 Å². The fourth-order valence-electron chi connectivity index (χ4n) is 4.06. The van der Waals surface area contributed by atoms with E-state index in [-0.39, 0.29) is 11.3 Å². The van der Waals surface area contributed by atoms with Crippen molar-refractivity contribution in [3.05, 3.63) is 71.3 Å². The number of ether oxygens (including phenoxy) is 3. The summed E-state index contributed by atoms with van der Waals surface area (Å²) in [5, 5.41) is 11.3. The molecule has 0 bridgehead atoms. The van der Waals surface area contributed by atoms with Gasteiger partial charge in [0.1, 0.15) is 18.1 Å². The first-order valence-corrected chi connectivity index (χ1v) is 11.2. The highest BCUT2D eigenvalue weighted by molar-refractivity contribution is 6.46. The third-order valence-corrected chi connectivity index (χ3v) is 5.88. The maximum atomic E-state index is 13.2. The summed E-state index contributed by atoms with van der Waals surface area (Å²) in [6.07, 6.45) is 1.63. The van der Waals surface area contributed by atoms with Crippen LogP contribution in [0.3, 0.4) is 0 Å². The van der Waals surface area contributed by atoms with Gasteiger partial charge >= 0.3 is 0 Å². The lowest BCUT2D eigenvalue weighted by atomic mass is 9.93. The molecule has 1 N–H and O–H groups in total. The van der Waals surface area contributed by atoms with Crippen LogP contribution in [0.2, 0.25) is 0 Å². The first-order valence-electron chi connectivity index (χ1n) is 11.2. The van der Waals surface area contributed by atoms with Gasteiger partial charge in [0, 0.05) is 18.7 Å². The Kier molecular flexibility index (Phi) is 8.19. The van der Waals surface area contributed by atoms with Crippen LogP contribution >= 0.6 is 0 Å². The molecule has 0 saturated carbocycles. The van der Waals surface area contributed by atoms with E-state index in [0.717, 1.165) is 0 Å². The fourth-order valence-corrected chi connectivity index (χ4v) is 4.06. The number of ketones is 1. The summed E-state index contributed by atoms with van der Waals surface area (Å²) < 4.78 is 16.4. The number of aryl methyl sites for hydroxylation is 1. The lowest BCUT2D eigenvalue weighted by molar-refractivity contribution is -0.140. The van der Waals surface area contributed by atoms with Gasteiger partial charge in [-0.1, -0.05) is 18.7 Å². The Bertz CT molecular complexity index is 1150. The minimum atomic E-state index is -0.793. The largest absolute Gasteiger partial charge is 0.507 e. The van der Waals surface area contributed by atoms with Gasteiger partial charge in [-0.15, -0.1) is 0 Å². The molecule has 35 heavy (non-hydrogen) atoms. The van der Waals surface area contributed by atoms with E-state index in [9.17, 15) is 14.7 Å². The first-order chi connectivity index (χ1) is 16.7. The zero-order valence-corrected chi connectivity index (χ0v) is 20.8. The van der Waals surface area contributed by atoms with Crippen molar-refractivity contribution in [2.24, 2.45) is 0 Å². The van der Waals surface area contributed by atoms with Crippen molar-refractivity contribution in [1.29, 1.82) is 0 Å². The molecule has 0 spiro atoms. The second-order valence-corrected chi connectivity index (χ2v) is 8.49. The molecule has 8 nitrogen and oxygen atoms in total. The van der Waals surface area contributed by atoms with Crippen LogP contribution in [0.4, 0.5) is 0 Å². The Morgan fingerprint density at radius 3 is 2.46 bits per heavy atom. The number of methoxy groups -OCH3 is 2. The zero-order valence-electron chi connectivity index (χ0n) is 20.8. The van der Waals surface area contributed by atoms with Crippen molar-refractivity contribution >= 4 is 17.4 Å². The number of rotatable bonds is 10. The molecule has 1 heterocycles. The van der Waals surface area contributed by atoms with Crippen LogP contribution in [0.15, 0.2) is 54.6 Å². The van der Waals surface area contributed by atoms with Crippen LogP contribution in [-0.2, 0) is 9.59 Å². The number of aliphatic hydroxyl groups is 1. The van der Waals surface area contributed by atoms with E-state index in [1.807, 2.05) is 25.9 Å². The lowest BCUT2D eigenvalue weighted by Crippen LogP contribution is -2.35. The SMILES string of the molecule is C=CCOc1ccc(C2/C(=C(\O)c3ccc(OC)cc3C)C(=O)C(=O)N2CCN(C)C)cc1OC. The zero-order chi connectivity index (χ0) is 25.7. The summed E-state index contributed by atoms with van der Waals surface area (Å²) in [7, 11) is 6.85. The van der Waals surface area contributed by atoms with Crippen molar-refractivity contribution in [2.45, 2.75) is 13.0 Å². The predicted molar refractivity (Wildman–Crippen MR) is 134 cm³/mol. The summed E-state index contributed by atoms with van der Waals surface area (Å²) in [5.41, 5.74) is 1.83. The van der Waals surface area contributed by atoms with Crippen molar-refractivity contribution in [1.82, 2.24) is 9.80 Å². The van der Waals surface area contributed by atoms with Gasteiger partial charge in [-0.05, 0) is 62.5 Å². The minimum Gasteiger partial charge on any atom is -0.507 e. The topological polar surface area (TPSA) is 88.5 Å². The second-order valence-electron chi connectivity index (χ2n) is 8.49. The molecule has 2 aromatic rings. The van der Waals surface area contributed by atoms with Gasteiger partial charge in [0.2, 0.25) is 0 Å².